The molecule has 1 aliphatic heterocycles. The SMILES string of the molecule is O=S1(=O)CCCc2cc(Cl)ccc21. The number of halogens is 1. The van der Waals surface area contributed by atoms with Gasteiger partial charge in [-0.2, -0.15) is 0 Å². The van der Waals surface area contributed by atoms with Gasteiger partial charge in [0.05, 0.1) is 10.6 Å². The number of hydrogen-bond donors (Lipinski definition) is 0. The summed E-state index contributed by atoms with van der Waals surface area (Å²) in [5.41, 5.74) is 0.860. The van der Waals surface area contributed by atoms with E-state index in [4.69, 9.17) is 11.6 Å². The largest absolute Gasteiger partial charge is 0.224 e. The van der Waals surface area contributed by atoms with Gasteiger partial charge in [0.25, 0.3) is 0 Å². The molecule has 1 aromatic rings. The van der Waals surface area contributed by atoms with Gasteiger partial charge in [0, 0.05) is 5.02 Å². The average molecular weight is 217 g/mol. The molecule has 0 radical (unpaired) electrons. The molecule has 0 amide bonds. The summed E-state index contributed by atoms with van der Waals surface area (Å²) in [6.07, 6.45) is 1.52. The van der Waals surface area contributed by atoms with Crippen LogP contribution in [0.1, 0.15) is 12.0 Å². The van der Waals surface area contributed by atoms with Crippen molar-refractivity contribution in [3.63, 3.8) is 0 Å². The number of sulfone groups is 1. The summed E-state index contributed by atoms with van der Waals surface area (Å²) in [4.78, 5) is 0.461. The molecule has 0 spiro atoms. The molecule has 0 saturated heterocycles. The maximum Gasteiger partial charge on any atom is 0.178 e. The second-order valence-electron chi connectivity index (χ2n) is 3.17. The highest BCUT2D eigenvalue weighted by molar-refractivity contribution is 7.91. The minimum Gasteiger partial charge on any atom is -0.224 e. The Morgan fingerprint density at radius 3 is 2.85 bits per heavy atom. The van der Waals surface area contributed by atoms with Crippen molar-refractivity contribution in [2.75, 3.05) is 5.75 Å². The van der Waals surface area contributed by atoms with Crippen LogP contribution in [0.2, 0.25) is 5.02 Å². The smallest absolute Gasteiger partial charge is 0.178 e. The van der Waals surface area contributed by atoms with E-state index >= 15 is 0 Å². The van der Waals surface area contributed by atoms with Crippen LogP contribution in [0, 0.1) is 0 Å². The first-order valence-electron chi connectivity index (χ1n) is 4.11. The van der Waals surface area contributed by atoms with Crippen molar-refractivity contribution in [1.29, 1.82) is 0 Å². The van der Waals surface area contributed by atoms with E-state index in [1.165, 1.54) is 0 Å². The van der Waals surface area contributed by atoms with Gasteiger partial charge in [-0.05, 0) is 36.6 Å². The first kappa shape index (κ1) is 9.03. The molecule has 0 saturated carbocycles. The number of benzene rings is 1. The van der Waals surface area contributed by atoms with E-state index in [0.717, 1.165) is 12.0 Å². The highest BCUT2D eigenvalue weighted by Gasteiger charge is 2.22. The van der Waals surface area contributed by atoms with Crippen LogP contribution in [0.3, 0.4) is 0 Å². The Morgan fingerprint density at radius 2 is 2.08 bits per heavy atom. The second kappa shape index (κ2) is 3.00. The molecule has 1 aliphatic rings. The van der Waals surface area contributed by atoms with Crippen molar-refractivity contribution in [2.24, 2.45) is 0 Å². The fourth-order valence-electron chi connectivity index (χ4n) is 1.61. The minimum atomic E-state index is -3.02. The monoisotopic (exact) mass is 216 g/mol. The molecule has 0 atom stereocenters. The molecule has 0 bridgehead atoms. The predicted octanol–water partition coefficient (Wildman–Crippen LogP) is 2.06. The van der Waals surface area contributed by atoms with Gasteiger partial charge in [0.15, 0.2) is 9.84 Å². The Kier molecular flexibility index (Phi) is 2.08. The summed E-state index contributed by atoms with van der Waals surface area (Å²) in [5, 5.41) is 0.607. The van der Waals surface area contributed by atoms with Crippen LogP contribution in [-0.2, 0) is 16.3 Å². The van der Waals surface area contributed by atoms with E-state index in [1.54, 1.807) is 18.2 Å². The van der Waals surface area contributed by atoms with Gasteiger partial charge < -0.3 is 0 Å². The summed E-state index contributed by atoms with van der Waals surface area (Å²) in [6, 6.07) is 4.98. The Labute approximate surface area is 82.4 Å². The Bertz CT molecular complexity index is 437. The zero-order valence-corrected chi connectivity index (χ0v) is 8.53. The zero-order chi connectivity index (χ0) is 9.47. The molecule has 1 heterocycles. The lowest BCUT2D eigenvalue weighted by Gasteiger charge is -2.15. The van der Waals surface area contributed by atoms with Crippen molar-refractivity contribution in [1.82, 2.24) is 0 Å². The lowest BCUT2D eigenvalue weighted by molar-refractivity contribution is 0.586. The molecule has 13 heavy (non-hydrogen) atoms. The topological polar surface area (TPSA) is 34.1 Å². The summed E-state index contributed by atoms with van der Waals surface area (Å²) in [7, 11) is -3.02. The summed E-state index contributed by atoms with van der Waals surface area (Å²) >= 11 is 5.77. The van der Waals surface area contributed by atoms with Gasteiger partial charge in [-0.15, -0.1) is 0 Å². The number of rotatable bonds is 0. The van der Waals surface area contributed by atoms with Crippen molar-refractivity contribution in [3.8, 4) is 0 Å². The first-order valence-corrected chi connectivity index (χ1v) is 6.14. The molecule has 2 rings (SSSR count). The number of hydrogen-bond acceptors (Lipinski definition) is 2. The van der Waals surface area contributed by atoms with E-state index in [1.807, 2.05) is 0 Å². The van der Waals surface area contributed by atoms with Gasteiger partial charge in [-0.3, -0.25) is 0 Å². The van der Waals surface area contributed by atoms with Crippen molar-refractivity contribution in [2.45, 2.75) is 17.7 Å². The lowest BCUT2D eigenvalue weighted by Crippen LogP contribution is -2.15. The van der Waals surface area contributed by atoms with Gasteiger partial charge in [0.2, 0.25) is 0 Å². The fraction of sp³-hybridized carbons (Fsp3) is 0.333. The van der Waals surface area contributed by atoms with E-state index in [-0.39, 0.29) is 5.75 Å². The summed E-state index contributed by atoms with van der Waals surface area (Å²) < 4.78 is 23.1. The average Bonchev–Trinajstić information content (AvgIpc) is 2.02. The molecule has 0 unspecified atom stereocenters. The maximum absolute atomic E-state index is 11.5. The van der Waals surface area contributed by atoms with Gasteiger partial charge >= 0.3 is 0 Å². The fourth-order valence-corrected chi connectivity index (χ4v) is 3.38. The molecule has 70 valence electrons. The standard InChI is InChI=1S/C9H9ClO2S/c10-8-3-4-9-7(6-8)2-1-5-13(9,11)12/h3-4,6H,1-2,5H2. The van der Waals surface area contributed by atoms with Crippen LogP contribution in [0.25, 0.3) is 0 Å². The number of aryl methyl sites for hydroxylation is 1. The van der Waals surface area contributed by atoms with Crippen LogP contribution in [0.15, 0.2) is 23.1 Å². The van der Waals surface area contributed by atoms with Crippen molar-refractivity contribution >= 4 is 21.4 Å². The van der Waals surface area contributed by atoms with Crippen LogP contribution < -0.4 is 0 Å². The number of fused-ring (bicyclic) bond motifs is 1. The van der Waals surface area contributed by atoms with E-state index < -0.39 is 9.84 Å². The van der Waals surface area contributed by atoms with Crippen LogP contribution in [-0.4, -0.2) is 14.2 Å². The Morgan fingerprint density at radius 1 is 1.31 bits per heavy atom. The first-order chi connectivity index (χ1) is 6.09. The molecular weight excluding hydrogens is 208 g/mol. The molecule has 0 aromatic heterocycles. The van der Waals surface area contributed by atoms with Crippen LogP contribution >= 0.6 is 11.6 Å². The second-order valence-corrected chi connectivity index (χ2v) is 5.69. The highest BCUT2D eigenvalue weighted by Crippen LogP contribution is 2.27. The zero-order valence-electron chi connectivity index (χ0n) is 6.96. The molecule has 2 nitrogen and oxygen atoms in total. The van der Waals surface area contributed by atoms with E-state index in [2.05, 4.69) is 0 Å². The molecule has 0 aliphatic carbocycles. The Balaban J connectivity index is 2.66. The van der Waals surface area contributed by atoms with Crippen molar-refractivity contribution in [3.05, 3.63) is 28.8 Å². The quantitative estimate of drug-likeness (QED) is 0.665. The molecule has 1 aromatic carbocycles. The third-order valence-electron chi connectivity index (χ3n) is 2.22. The van der Waals surface area contributed by atoms with Crippen LogP contribution in [0.4, 0.5) is 0 Å². The van der Waals surface area contributed by atoms with Gasteiger partial charge in [-0.1, -0.05) is 11.6 Å². The molecular formula is C9H9ClO2S. The minimum absolute atomic E-state index is 0.266. The van der Waals surface area contributed by atoms with E-state index in [0.29, 0.717) is 16.3 Å². The Hall–Kier alpha value is -0.540. The normalized spacial score (nSPS) is 19.5. The van der Waals surface area contributed by atoms with Crippen LogP contribution in [0.5, 0.6) is 0 Å². The third-order valence-corrected chi connectivity index (χ3v) is 4.35. The third kappa shape index (κ3) is 1.58. The molecule has 4 heteroatoms. The predicted molar refractivity (Wildman–Crippen MR) is 51.8 cm³/mol. The van der Waals surface area contributed by atoms with Gasteiger partial charge in [-0.25, -0.2) is 8.42 Å². The van der Waals surface area contributed by atoms with Crippen molar-refractivity contribution < 1.29 is 8.42 Å². The molecule has 0 fully saturated rings. The molecule has 0 N–H and O–H groups in total. The highest BCUT2D eigenvalue weighted by atomic mass is 35.5. The van der Waals surface area contributed by atoms with Gasteiger partial charge in [0.1, 0.15) is 0 Å². The lowest BCUT2D eigenvalue weighted by atomic mass is 10.1. The summed E-state index contributed by atoms with van der Waals surface area (Å²) in [5.74, 6) is 0.266. The maximum atomic E-state index is 11.5. The van der Waals surface area contributed by atoms with E-state index in [9.17, 15) is 8.42 Å². The summed E-state index contributed by atoms with van der Waals surface area (Å²) in [6.45, 7) is 0.